The molecule has 0 radical (unpaired) electrons. The highest BCUT2D eigenvalue weighted by Gasteiger charge is 2.39. The van der Waals surface area contributed by atoms with Gasteiger partial charge in [0.25, 0.3) is 0 Å². The van der Waals surface area contributed by atoms with Crippen molar-refractivity contribution in [2.75, 3.05) is 31.1 Å². The number of carboxylic acid groups (broad SMARTS) is 1. The van der Waals surface area contributed by atoms with Crippen molar-refractivity contribution >= 4 is 50.1 Å². The largest absolute Gasteiger partial charge is 0.465 e. The molecule has 9 heteroatoms. The Morgan fingerprint density at radius 2 is 1.87 bits per heavy atom. The summed E-state index contributed by atoms with van der Waals surface area (Å²) in [6.45, 7) is 3.36. The van der Waals surface area contributed by atoms with Crippen LogP contribution in [0, 0.1) is 9.12 Å². The van der Waals surface area contributed by atoms with Gasteiger partial charge in [0.2, 0.25) is 10.1 Å². The van der Waals surface area contributed by atoms with E-state index in [4.69, 9.17) is 5.11 Å². The van der Waals surface area contributed by atoms with E-state index < -0.39 is 6.09 Å². The van der Waals surface area contributed by atoms with Gasteiger partial charge in [-0.3, -0.25) is 0 Å². The molecular formula is C14H18IN5O2S. The van der Waals surface area contributed by atoms with Gasteiger partial charge in [0.15, 0.2) is 0 Å². The number of nitrogens with zero attached hydrogens (tertiary/aromatic N) is 5. The summed E-state index contributed by atoms with van der Waals surface area (Å²) in [4.78, 5) is 20.3. The Kier molecular flexibility index (Phi) is 3.87. The van der Waals surface area contributed by atoms with Crippen molar-refractivity contribution < 1.29 is 9.90 Å². The Balaban J connectivity index is 1.42. The third-order valence-electron chi connectivity index (χ3n) is 5.22. The predicted octanol–water partition coefficient (Wildman–Crippen LogP) is 2.76. The third kappa shape index (κ3) is 2.77. The zero-order chi connectivity index (χ0) is 16.0. The maximum Gasteiger partial charge on any atom is 0.407 e. The van der Waals surface area contributed by atoms with E-state index in [-0.39, 0.29) is 0 Å². The van der Waals surface area contributed by atoms with Crippen LogP contribution in [-0.2, 0) is 0 Å². The van der Waals surface area contributed by atoms with E-state index in [0.717, 1.165) is 52.6 Å². The van der Waals surface area contributed by atoms with Gasteiger partial charge in [-0.05, 0) is 53.7 Å². The highest BCUT2D eigenvalue weighted by Crippen LogP contribution is 2.42. The van der Waals surface area contributed by atoms with Gasteiger partial charge in [-0.15, -0.1) is 5.10 Å². The molecule has 2 aliphatic rings. The molecule has 23 heavy (non-hydrogen) atoms. The first-order chi connectivity index (χ1) is 11.1. The number of piperidine rings is 2. The molecule has 0 bridgehead atoms. The van der Waals surface area contributed by atoms with Crippen molar-refractivity contribution in [3.63, 3.8) is 0 Å². The molecule has 124 valence electrons. The maximum atomic E-state index is 11.1. The summed E-state index contributed by atoms with van der Waals surface area (Å²) in [6.07, 6.45) is 5.29. The van der Waals surface area contributed by atoms with Gasteiger partial charge in [-0.25, -0.2) is 9.78 Å². The fourth-order valence-corrected chi connectivity index (χ4v) is 5.20. The lowest BCUT2D eigenvalue weighted by Gasteiger charge is -2.46. The molecule has 2 saturated heterocycles. The van der Waals surface area contributed by atoms with Gasteiger partial charge in [0.05, 0.1) is 6.20 Å². The minimum atomic E-state index is -0.780. The molecule has 4 rings (SSSR count). The van der Waals surface area contributed by atoms with E-state index >= 15 is 0 Å². The van der Waals surface area contributed by atoms with Crippen LogP contribution >= 0.6 is 33.9 Å². The Morgan fingerprint density at radius 1 is 1.22 bits per heavy atom. The van der Waals surface area contributed by atoms with Gasteiger partial charge in [0.1, 0.15) is 3.70 Å². The number of imidazole rings is 1. The van der Waals surface area contributed by atoms with Crippen molar-refractivity contribution in [3.8, 4) is 0 Å². The third-order valence-corrected chi connectivity index (χ3v) is 6.94. The first-order valence-corrected chi connectivity index (χ1v) is 9.69. The zero-order valence-electron chi connectivity index (χ0n) is 12.6. The maximum absolute atomic E-state index is 11.1. The van der Waals surface area contributed by atoms with Crippen molar-refractivity contribution in [3.05, 3.63) is 9.90 Å². The monoisotopic (exact) mass is 447 g/mol. The Hall–Kier alpha value is -1.10. The van der Waals surface area contributed by atoms with E-state index in [1.54, 1.807) is 16.2 Å². The highest BCUT2D eigenvalue weighted by atomic mass is 127. The lowest BCUT2D eigenvalue weighted by molar-refractivity contribution is 0.0736. The number of amides is 1. The van der Waals surface area contributed by atoms with Crippen LogP contribution in [0.2, 0.25) is 0 Å². The molecule has 1 N–H and O–H groups in total. The molecule has 0 aromatic carbocycles. The van der Waals surface area contributed by atoms with E-state index in [0.29, 0.717) is 18.5 Å². The van der Waals surface area contributed by atoms with E-state index in [1.807, 2.05) is 10.7 Å². The molecule has 1 amide bonds. The Labute approximate surface area is 151 Å². The number of hydrogen-bond donors (Lipinski definition) is 1. The standard InChI is InChI=1S/C14H18IN5O2S/c15-10-9-16-11-20(10)17-12(23-11)18-5-1-14(2-6-18)3-7-19(8-4-14)13(21)22/h9H,1-8H2,(H,21,22). The number of hydrogen-bond acceptors (Lipinski definition) is 5. The highest BCUT2D eigenvalue weighted by molar-refractivity contribution is 14.1. The number of halogens is 1. The van der Waals surface area contributed by atoms with Gasteiger partial charge in [-0.1, -0.05) is 11.3 Å². The summed E-state index contributed by atoms with van der Waals surface area (Å²) in [5.41, 5.74) is 0.328. The molecule has 2 fully saturated rings. The molecule has 4 heterocycles. The average Bonchev–Trinajstić information content (AvgIpc) is 3.11. The van der Waals surface area contributed by atoms with Crippen molar-refractivity contribution in [1.82, 2.24) is 19.5 Å². The molecule has 0 atom stereocenters. The minimum absolute atomic E-state index is 0.328. The van der Waals surface area contributed by atoms with Crippen LogP contribution < -0.4 is 4.90 Å². The molecule has 2 aromatic heterocycles. The van der Waals surface area contributed by atoms with Crippen LogP contribution in [0.4, 0.5) is 9.93 Å². The second-order valence-electron chi connectivity index (χ2n) is 6.42. The summed E-state index contributed by atoms with van der Waals surface area (Å²) >= 11 is 3.89. The first-order valence-electron chi connectivity index (χ1n) is 7.79. The lowest BCUT2D eigenvalue weighted by atomic mass is 9.71. The second kappa shape index (κ2) is 5.76. The summed E-state index contributed by atoms with van der Waals surface area (Å²) < 4.78 is 2.94. The zero-order valence-corrected chi connectivity index (χ0v) is 15.6. The van der Waals surface area contributed by atoms with Crippen LogP contribution in [0.1, 0.15) is 25.7 Å². The normalized spacial score (nSPS) is 21.3. The van der Waals surface area contributed by atoms with E-state index in [1.165, 1.54) is 0 Å². The lowest BCUT2D eigenvalue weighted by Crippen LogP contribution is -2.48. The van der Waals surface area contributed by atoms with Crippen molar-refractivity contribution in [1.29, 1.82) is 0 Å². The number of likely N-dealkylation sites (tertiary alicyclic amines) is 1. The molecule has 7 nitrogen and oxygen atoms in total. The quantitative estimate of drug-likeness (QED) is 0.681. The fraction of sp³-hybridized carbons (Fsp3) is 0.643. The van der Waals surface area contributed by atoms with Crippen LogP contribution in [0.25, 0.3) is 4.96 Å². The smallest absolute Gasteiger partial charge is 0.407 e. The van der Waals surface area contributed by atoms with E-state index in [9.17, 15) is 4.79 Å². The summed E-state index contributed by atoms with van der Waals surface area (Å²) in [6, 6.07) is 0. The molecule has 0 aliphatic carbocycles. The number of rotatable bonds is 1. The molecular weight excluding hydrogens is 429 g/mol. The van der Waals surface area contributed by atoms with Crippen LogP contribution in [0.5, 0.6) is 0 Å². The summed E-state index contributed by atoms with van der Waals surface area (Å²) in [7, 11) is 0. The number of carbonyl (C=O) groups is 1. The number of aromatic nitrogens is 3. The molecule has 1 spiro atoms. The van der Waals surface area contributed by atoms with Crippen LogP contribution in [0.3, 0.4) is 0 Å². The fourth-order valence-electron chi connectivity index (χ4n) is 3.63. The SMILES string of the molecule is O=C(O)N1CCC2(CC1)CCN(c1nn3c(I)cnc3s1)CC2. The summed E-state index contributed by atoms with van der Waals surface area (Å²) in [5, 5.41) is 14.8. The second-order valence-corrected chi connectivity index (χ2v) is 8.46. The molecule has 0 saturated carbocycles. The molecule has 2 aromatic rings. The topological polar surface area (TPSA) is 74.0 Å². The van der Waals surface area contributed by atoms with E-state index in [2.05, 4.69) is 37.6 Å². The van der Waals surface area contributed by atoms with Gasteiger partial charge < -0.3 is 14.9 Å². The van der Waals surface area contributed by atoms with Gasteiger partial charge in [-0.2, -0.15) is 4.52 Å². The van der Waals surface area contributed by atoms with Gasteiger partial charge in [0, 0.05) is 26.2 Å². The Morgan fingerprint density at radius 3 is 2.48 bits per heavy atom. The first kappa shape index (κ1) is 15.4. The minimum Gasteiger partial charge on any atom is -0.465 e. The molecule has 0 unspecified atom stereocenters. The molecule has 2 aliphatic heterocycles. The average molecular weight is 447 g/mol. The van der Waals surface area contributed by atoms with Crippen LogP contribution in [0.15, 0.2) is 6.20 Å². The Bertz CT molecular complexity index is 727. The van der Waals surface area contributed by atoms with Crippen molar-refractivity contribution in [2.45, 2.75) is 25.7 Å². The van der Waals surface area contributed by atoms with Crippen LogP contribution in [-0.4, -0.2) is 56.9 Å². The number of fused-ring (bicyclic) bond motifs is 1. The van der Waals surface area contributed by atoms with Gasteiger partial charge >= 0.3 is 6.09 Å². The summed E-state index contributed by atoms with van der Waals surface area (Å²) in [5.74, 6) is 0. The number of anilines is 1. The van der Waals surface area contributed by atoms with Crippen molar-refractivity contribution in [2.24, 2.45) is 5.41 Å². The predicted molar refractivity (Wildman–Crippen MR) is 96.3 cm³/mol.